The summed E-state index contributed by atoms with van der Waals surface area (Å²) >= 11 is 0. The number of aliphatic imine (C=N–C) groups is 1. The molecule has 3 heteroatoms. The van der Waals surface area contributed by atoms with Crippen LogP contribution in [0.2, 0.25) is 0 Å². The van der Waals surface area contributed by atoms with Crippen molar-refractivity contribution in [1.82, 2.24) is 0 Å². The lowest BCUT2D eigenvalue weighted by Gasteiger charge is -2.04. The average molecular weight is 377 g/mol. The smallest absolute Gasteiger partial charge is 0.343 e. The highest BCUT2D eigenvalue weighted by Crippen LogP contribution is 2.20. The summed E-state index contributed by atoms with van der Waals surface area (Å²) in [6.07, 6.45) is 1.81. The number of esters is 1. The number of carbonyl (C=O) groups is 1. The Hall–Kier alpha value is -3.98. The molecule has 3 nitrogen and oxygen atoms in total. The van der Waals surface area contributed by atoms with Gasteiger partial charge in [-0.1, -0.05) is 72.8 Å². The predicted octanol–water partition coefficient (Wildman–Crippen LogP) is 6.32. The predicted molar refractivity (Wildman–Crippen MR) is 117 cm³/mol. The van der Waals surface area contributed by atoms with Gasteiger partial charge in [-0.25, -0.2) is 4.79 Å². The molecule has 4 aromatic carbocycles. The SMILES string of the molecule is O=C(Oc1ccccc1)c1ccc(N=Cc2ccc(-c3ccccc3)cc2)cc1. The van der Waals surface area contributed by atoms with Crippen LogP contribution in [-0.4, -0.2) is 12.2 Å². The number of carbonyl (C=O) groups excluding carboxylic acids is 1. The van der Waals surface area contributed by atoms with Crippen molar-refractivity contribution in [2.24, 2.45) is 4.99 Å². The van der Waals surface area contributed by atoms with Gasteiger partial charge in [0.25, 0.3) is 0 Å². The third-order valence-electron chi connectivity index (χ3n) is 4.44. The first-order valence-corrected chi connectivity index (χ1v) is 9.35. The van der Waals surface area contributed by atoms with E-state index >= 15 is 0 Å². The highest BCUT2D eigenvalue weighted by Gasteiger charge is 2.07. The molecule has 0 amide bonds. The van der Waals surface area contributed by atoms with Crippen LogP contribution >= 0.6 is 0 Å². The van der Waals surface area contributed by atoms with E-state index in [0.717, 1.165) is 11.3 Å². The van der Waals surface area contributed by atoms with Gasteiger partial charge in [-0.3, -0.25) is 4.99 Å². The van der Waals surface area contributed by atoms with Crippen molar-refractivity contribution in [3.05, 3.63) is 120 Å². The molecule has 0 aliphatic carbocycles. The van der Waals surface area contributed by atoms with E-state index in [1.165, 1.54) is 11.1 Å². The summed E-state index contributed by atoms with van der Waals surface area (Å²) in [6.45, 7) is 0. The Bertz CT molecular complexity index is 1100. The zero-order chi connectivity index (χ0) is 19.9. The number of rotatable bonds is 5. The molecule has 4 aromatic rings. The van der Waals surface area contributed by atoms with E-state index < -0.39 is 0 Å². The Kier molecular flexibility index (Phi) is 5.58. The molecule has 0 N–H and O–H groups in total. The average Bonchev–Trinajstić information content (AvgIpc) is 2.80. The molecule has 0 saturated heterocycles. The Morgan fingerprint density at radius 3 is 1.90 bits per heavy atom. The van der Waals surface area contributed by atoms with Crippen molar-refractivity contribution in [1.29, 1.82) is 0 Å². The number of ether oxygens (including phenoxy) is 1. The fourth-order valence-corrected chi connectivity index (χ4v) is 2.88. The van der Waals surface area contributed by atoms with Crippen LogP contribution < -0.4 is 4.74 Å². The zero-order valence-electron chi connectivity index (χ0n) is 15.7. The van der Waals surface area contributed by atoms with Gasteiger partial charge in [0.05, 0.1) is 11.3 Å². The Balaban J connectivity index is 1.40. The van der Waals surface area contributed by atoms with E-state index in [4.69, 9.17) is 4.74 Å². The summed E-state index contributed by atoms with van der Waals surface area (Å²) in [5.41, 5.74) is 4.63. The molecule has 0 atom stereocenters. The molecule has 0 spiro atoms. The van der Waals surface area contributed by atoms with Crippen LogP contribution in [0.4, 0.5) is 5.69 Å². The van der Waals surface area contributed by atoms with Gasteiger partial charge in [-0.05, 0) is 53.1 Å². The molecule has 0 aromatic heterocycles. The maximum atomic E-state index is 12.2. The van der Waals surface area contributed by atoms with Crippen molar-refractivity contribution in [2.75, 3.05) is 0 Å². The number of benzene rings is 4. The van der Waals surface area contributed by atoms with E-state index in [1.54, 1.807) is 36.4 Å². The van der Waals surface area contributed by atoms with Gasteiger partial charge in [0, 0.05) is 6.21 Å². The second-order valence-electron chi connectivity index (χ2n) is 6.50. The monoisotopic (exact) mass is 377 g/mol. The molecule has 140 valence electrons. The fraction of sp³-hybridized carbons (Fsp3) is 0. The second kappa shape index (κ2) is 8.81. The van der Waals surface area contributed by atoms with Crippen LogP contribution in [0.3, 0.4) is 0 Å². The molecule has 4 rings (SSSR count). The largest absolute Gasteiger partial charge is 0.423 e. The van der Waals surface area contributed by atoms with Crippen molar-refractivity contribution in [3.8, 4) is 16.9 Å². The van der Waals surface area contributed by atoms with Gasteiger partial charge in [0.1, 0.15) is 5.75 Å². The lowest BCUT2D eigenvalue weighted by Crippen LogP contribution is -2.07. The molecule has 0 aliphatic rings. The van der Waals surface area contributed by atoms with Crippen molar-refractivity contribution in [3.63, 3.8) is 0 Å². The van der Waals surface area contributed by atoms with E-state index in [0.29, 0.717) is 11.3 Å². The van der Waals surface area contributed by atoms with E-state index in [2.05, 4.69) is 29.3 Å². The van der Waals surface area contributed by atoms with E-state index in [-0.39, 0.29) is 5.97 Å². The molecule has 0 radical (unpaired) electrons. The highest BCUT2D eigenvalue weighted by molar-refractivity contribution is 5.91. The first-order chi connectivity index (χ1) is 14.3. The van der Waals surface area contributed by atoms with Crippen LogP contribution in [-0.2, 0) is 0 Å². The molecular weight excluding hydrogens is 358 g/mol. The molecule has 0 heterocycles. The summed E-state index contributed by atoms with van der Waals surface area (Å²) in [7, 11) is 0. The number of para-hydroxylation sites is 1. The van der Waals surface area contributed by atoms with Crippen LogP contribution in [0.5, 0.6) is 5.75 Å². The summed E-state index contributed by atoms with van der Waals surface area (Å²) in [5.74, 6) is 0.141. The van der Waals surface area contributed by atoms with E-state index in [1.807, 2.05) is 54.7 Å². The minimum Gasteiger partial charge on any atom is -0.423 e. The first-order valence-electron chi connectivity index (χ1n) is 9.35. The highest BCUT2D eigenvalue weighted by atomic mass is 16.5. The van der Waals surface area contributed by atoms with Crippen molar-refractivity contribution >= 4 is 17.9 Å². The Labute approximate surface area is 170 Å². The third kappa shape index (κ3) is 4.85. The van der Waals surface area contributed by atoms with Crippen LogP contribution in [0.1, 0.15) is 15.9 Å². The molecule has 0 saturated carbocycles. The molecule has 0 unspecified atom stereocenters. The molecule has 29 heavy (non-hydrogen) atoms. The minimum absolute atomic E-state index is 0.386. The van der Waals surface area contributed by atoms with Crippen molar-refractivity contribution < 1.29 is 9.53 Å². The molecule has 0 fully saturated rings. The van der Waals surface area contributed by atoms with Gasteiger partial charge in [-0.2, -0.15) is 0 Å². The fourth-order valence-electron chi connectivity index (χ4n) is 2.88. The zero-order valence-corrected chi connectivity index (χ0v) is 15.7. The summed E-state index contributed by atoms with van der Waals surface area (Å²) in [5, 5.41) is 0. The van der Waals surface area contributed by atoms with Crippen LogP contribution in [0, 0.1) is 0 Å². The maximum Gasteiger partial charge on any atom is 0.343 e. The van der Waals surface area contributed by atoms with Crippen LogP contribution in [0.15, 0.2) is 114 Å². The molecular formula is C26H19NO2. The first kappa shape index (κ1) is 18.4. The van der Waals surface area contributed by atoms with Gasteiger partial charge >= 0.3 is 5.97 Å². The number of hydrogen-bond acceptors (Lipinski definition) is 3. The number of hydrogen-bond donors (Lipinski definition) is 0. The summed E-state index contributed by atoms with van der Waals surface area (Å²) in [6, 6.07) is 34.6. The molecule has 0 aliphatic heterocycles. The Morgan fingerprint density at radius 1 is 0.655 bits per heavy atom. The van der Waals surface area contributed by atoms with Crippen molar-refractivity contribution in [2.45, 2.75) is 0 Å². The number of nitrogens with zero attached hydrogens (tertiary/aromatic N) is 1. The lowest BCUT2D eigenvalue weighted by atomic mass is 10.0. The summed E-state index contributed by atoms with van der Waals surface area (Å²) < 4.78 is 5.34. The minimum atomic E-state index is -0.386. The van der Waals surface area contributed by atoms with Gasteiger partial charge in [0.15, 0.2) is 0 Å². The van der Waals surface area contributed by atoms with Crippen LogP contribution in [0.25, 0.3) is 11.1 Å². The quantitative estimate of drug-likeness (QED) is 0.232. The standard InChI is InChI=1S/C26H19NO2/c28-26(29-25-9-5-2-6-10-25)23-15-17-24(18-16-23)27-19-20-11-13-22(14-12-20)21-7-3-1-4-8-21/h1-19H. The topological polar surface area (TPSA) is 38.7 Å². The third-order valence-corrected chi connectivity index (χ3v) is 4.44. The van der Waals surface area contributed by atoms with Gasteiger partial charge in [0.2, 0.25) is 0 Å². The van der Waals surface area contributed by atoms with E-state index in [9.17, 15) is 4.79 Å². The lowest BCUT2D eigenvalue weighted by molar-refractivity contribution is 0.0735. The van der Waals surface area contributed by atoms with Gasteiger partial charge in [-0.15, -0.1) is 0 Å². The summed E-state index contributed by atoms with van der Waals surface area (Å²) in [4.78, 5) is 16.7. The Morgan fingerprint density at radius 2 is 1.24 bits per heavy atom. The molecule has 0 bridgehead atoms. The second-order valence-corrected chi connectivity index (χ2v) is 6.50. The normalized spacial score (nSPS) is 10.8. The maximum absolute atomic E-state index is 12.2. The van der Waals surface area contributed by atoms with Gasteiger partial charge < -0.3 is 4.74 Å².